The van der Waals surface area contributed by atoms with Crippen molar-refractivity contribution in [2.24, 2.45) is 5.73 Å². The van der Waals surface area contributed by atoms with Crippen LogP contribution in [0.3, 0.4) is 0 Å². The van der Waals surface area contributed by atoms with Crippen molar-refractivity contribution in [3.8, 4) is 0 Å². The van der Waals surface area contributed by atoms with E-state index < -0.39 is 0 Å². The van der Waals surface area contributed by atoms with E-state index in [0.29, 0.717) is 6.54 Å². The van der Waals surface area contributed by atoms with Crippen molar-refractivity contribution in [1.82, 2.24) is 10.3 Å². The molecule has 0 aliphatic carbocycles. The molecule has 12 heavy (non-hydrogen) atoms. The molecule has 0 aliphatic heterocycles. The summed E-state index contributed by atoms with van der Waals surface area (Å²) in [4.78, 5) is 4.03. The van der Waals surface area contributed by atoms with Gasteiger partial charge in [0.2, 0.25) is 0 Å². The molecule has 3 heteroatoms. The molecule has 0 amide bonds. The Morgan fingerprint density at radius 1 is 1.42 bits per heavy atom. The van der Waals surface area contributed by atoms with Crippen LogP contribution >= 0.6 is 0 Å². The van der Waals surface area contributed by atoms with Crippen LogP contribution in [0.15, 0.2) is 24.5 Å². The molecule has 1 rings (SSSR count). The van der Waals surface area contributed by atoms with Gasteiger partial charge in [-0.1, -0.05) is 6.07 Å². The first kappa shape index (κ1) is 9.16. The van der Waals surface area contributed by atoms with Crippen molar-refractivity contribution >= 4 is 0 Å². The van der Waals surface area contributed by atoms with Crippen molar-refractivity contribution in [2.75, 3.05) is 19.6 Å². The van der Waals surface area contributed by atoms with E-state index in [2.05, 4.69) is 16.4 Å². The predicted molar refractivity (Wildman–Crippen MR) is 49.9 cm³/mol. The molecular formula is C9H15N3. The standard InChI is InChI=1S/C9H15N3/c10-4-7-11-6-3-9-2-1-5-12-8-9/h1-2,5,8,11H,3-4,6-7,10H2. The van der Waals surface area contributed by atoms with E-state index in [9.17, 15) is 0 Å². The number of rotatable bonds is 5. The fourth-order valence-corrected chi connectivity index (χ4v) is 1.01. The molecule has 1 aromatic heterocycles. The summed E-state index contributed by atoms with van der Waals surface area (Å²) in [6.07, 6.45) is 4.70. The fraction of sp³-hybridized carbons (Fsp3) is 0.444. The highest BCUT2D eigenvalue weighted by Gasteiger charge is 1.90. The van der Waals surface area contributed by atoms with Crippen LogP contribution in [0.2, 0.25) is 0 Å². The minimum absolute atomic E-state index is 0.701. The van der Waals surface area contributed by atoms with Crippen molar-refractivity contribution < 1.29 is 0 Å². The quantitative estimate of drug-likeness (QED) is 0.612. The number of pyridine rings is 1. The number of nitrogens with one attached hydrogen (secondary N) is 1. The maximum atomic E-state index is 5.33. The SMILES string of the molecule is NCCNCCc1cccnc1. The van der Waals surface area contributed by atoms with E-state index in [0.717, 1.165) is 19.5 Å². The minimum atomic E-state index is 0.701. The molecule has 66 valence electrons. The summed E-state index contributed by atoms with van der Waals surface area (Å²) in [5.74, 6) is 0. The summed E-state index contributed by atoms with van der Waals surface area (Å²) in [6.45, 7) is 2.57. The normalized spacial score (nSPS) is 10.1. The first-order chi connectivity index (χ1) is 5.93. The van der Waals surface area contributed by atoms with Gasteiger partial charge in [-0.3, -0.25) is 4.98 Å². The van der Waals surface area contributed by atoms with Crippen LogP contribution in [0.25, 0.3) is 0 Å². The lowest BCUT2D eigenvalue weighted by molar-refractivity contribution is 0.688. The van der Waals surface area contributed by atoms with Crippen LogP contribution in [0.1, 0.15) is 5.56 Å². The first-order valence-corrected chi connectivity index (χ1v) is 4.23. The molecule has 3 N–H and O–H groups in total. The first-order valence-electron chi connectivity index (χ1n) is 4.23. The highest BCUT2D eigenvalue weighted by molar-refractivity contribution is 5.08. The highest BCUT2D eigenvalue weighted by atomic mass is 14.9. The molecule has 0 aliphatic rings. The Labute approximate surface area is 73.0 Å². The lowest BCUT2D eigenvalue weighted by Gasteiger charge is -2.01. The Morgan fingerprint density at radius 3 is 3.00 bits per heavy atom. The number of nitrogens with zero attached hydrogens (tertiary/aromatic N) is 1. The highest BCUT2D eigenvalue weighted by Crippen LogP contribution is 1.94. The molecule has 1 aromatic rings. The van der Waals surface area contributed by atoms with Crippen LogP contribution in [0, 0.1) is 0 Å². The second-order valence-corrected chi connectivity index (χ2v) is 2.65. The monoisotopic (exact) mass is 165 g/mol. The van der Waals surface area contributed by atoms with E-state index in [1.807, 2.05) is 12.3 Å². The van der Waals surface area contributed by atoms with Gasteiger partial charge in [-0.05, 0) is 24.6 Å². The second kappa shape index (κ2) is 5.69. The second-order valence-electron chi connectivity index (χ2n) is 2.65. The largest absolute Gasteiger partial charge is 0.329 e. The Morgan fingerprint density at radius 2 is 2.33 bits per heavy atom. The number of nitrogens with two attached hydrogens (primary N) is 1. The van der Waals surface area contributed by atoms with Gasteiger partial charge in [0.1, 0.15) is 0 Å². The van der Waals surface area contributed by atoms with Gasteiger partial charge in [0.25, 0.3) is 0 Å². The molecule has 3 nitrogen and oxygen atoms in total. The maximum absolute atomic E-state index is 5.33. The zero-order valence-electron chi connectivity index (χ0n) is 7.16. The third kappa shape index (κ3) is 3.46. The van der Waals surface area contributed by atoms with Gasteiger partial charge < -0.3 is 11.1 Å². The Kier molecular flexibility index (Phi) is 4.34. The van der Waals surface area contributed by atoms with Gasteiger partial charge in [-0.2, -0.15) is 0 Å². The van der Waals surface area contributed by atoms with E-state index in [1.165, 1.54) is 5.56 Å². The van der Waals surface area contributed by atoms with Crippen molar-refractivity contribution in [3.05, 3.63) is 30.1 Å². The average molecular weight is 165 g/mol. The van der Waals surface area contributed by atoms with Crippen LogP contribution < -0.4 is 11.1 Å². The van der Waals surface area contributed by atoms with Gasteiger partial charge in [0.05, 0.1) is 0 Å². The predicted octanol–water partition coefficient (Wildman–Crippen LogP) is 0.172. The Balaban J connectivity index is 2.16. The molecule has 1 heterocycles. The van der Waals surface area contributed by atoms with Crippen LogP contribution in [0.5, 0.6) is 0 Å². The van der Waals surface area contributed by atoms with E-state index in [-0.39, 0.29) is 0 Å². The smallest absolute Gasteiger partial charge is 0.0300 e. The summed E-state index contributed by atoms with van der Waals surface area (Å²) >= 11 is 0. The molecule has 0 fully saturated rings. The molecular weight excluding hydrogens is 150 g/mol. The van der Waals surface area contributed by atoms with Crippen LogP contribution in [-0.4, -0.2) is 24.6 Å². The van der Waals surface area contributed by atoms with Gasteiger partial charge in [0.15, 0.2) is 0 Å². The molecule has 0 saturated heterocycles. The average Bonchev–Trinajstić information content (AvgIpc) is 2.14. The van der Waals surface area contributed by atoms with Crippen LogP contribution in [0.4, 0.5) is 0 Å². The summed E-state index contributed by atoms with van der Waals surface area (Å²) < 4.78 is 0. The number of hydrogen-bond acceptors (Lipinski definition) is 3. The van der Waals surface area contributed by atoms with E-state index >= 15 is 0 Å². The summed E-state index contributed by atoms with van der Waals surface area (Å²) in [6, 6.07) is 4.04. The lowest BCUT2D eigenvalue weighted by Crippen LogP contribution is -2.24. The molecule has 0 saturated carbocycles. The summed E-state index contributed by atoms with van der Waals surface area (Å²) in [7, 11) is 0. The van der Waals surface area contributed by atoms with E-state index in [4.69, 9.17) is 5.73 Å². The maximum Gasteiger partial charge on any atom is 0.0300 e. The Hall–Kier alpha value is -0.930. The van der Waals surface area contributed by atoms with Crippen molar-refractivity contribution in [2.45, 2.75) is 6.42 Å². The molecule has 0 radical (unpaired) electrons. The number of hydrogen-bond donors (Lipinski definition) is 2. The molecule has 0 unspecified atom stereocenters. The third-order valence-corrected chi connectivity index (χ3v) is 1.63. The minimum Gasteiger partial charge on any atom is -0.329 e. The molecule has 0 spiro atoms. The third-order valence-electron chi connectivity index (χ3n) is 1.63. The number of aromatic nitrogens is 1. The zero-order valence-corrected chi connectivity index (χ0v) is 7.16. The van der Waals surface area contributed by atoms with Gasteiger partial charge >= 0.3 is 0 Å². The Bertz CT molecular complexity index is 198. The lowest BCUT2D eigenvalue weighted by atomic mass is 10.2. The molecule has 0 bridgehead atoms. The van der Waals surface area contributed by atoms with Gasteiger partial charge in [0, 0.05) is 25.5 Å². The molecule has 0 atom stereocenters. The van der Waals surface area contributed by atoms with Gasteiger partial charge in [-0.15, -0.1) is 0 Å². The summed E-state index contributed by atoms with van der Waals surface area (Å²) in [5, 5.41) is 3.23. The van der Waals surface area contributed by atoms with Crippen molar-refractivity contribution in [3.63, 3.8) is 0 Å². The topological polar surface area (TPSA) is 50.9 Å². The van der Waals surface area contributed by atoms with Crippen molar-refractivity contribution in [1.29, 1.82) is 0 Å². The van der Waals surface area contributed by atoms with E-state index in [1.54, 1.807) is 6.20 Å². The summed E-state index contributed by atoms with van der Waals surface area (Å²) in [5.41, 5.74) is 6.60. The molecule has 0 aromatic carbocycles. The zero-order chi connectivity index (χ0) is 8.65. The van der Waals surface area contributed by atoms with Crippen LogP contribution in [-0.2, 0) is 6.42 Å². The van der Waals surface area contributed by atoms with Gasteiger partial charge in [-0.25, -0.2) is 0 Å². The fourth-order valence-electron chi connectivity index (χ4n) is 1.01.